The molecule has 1 aliphatic rings. The third-order valence-corrected chi connectivity index (χ3v) is 6.20. The van der Waals surface area contributed by atoms with Crippen molar-refractivity contribution in [2.45, 2.75) is 36.2 Å². The molecule has 2 aromatic rings. The van der Waals surface area contributed by atoms with E-state index in [0.29, 0.717) is 21.7 Å². The highest BCUT2D eigenvalue weighted by molar-refractivity contribution is 7.90. The van der Waals surface area contributed by atoms with Gasteiger partial charge in [-0.1, -0.05) is 17.7 Å². The van der Waals surface area contributed by atoms with Crippen LogP contribution in [-0.4, -0.2) is 23.2 Å². The zero-order valence-corrected chi connectivity index (χ0v) is 13.6. The lowest BCUT2D eigenvalue weighted by Gasteiger charge is -2.07. The van der Waals surface area contributed by atoms with Crippen molar-refractivity contribution < 1.29 is 8.42 Å². The van der Waals surface area contributed by atoms with Gasteiger partial charge in [0.05, 0.1) is 10.1 Å². The molecule has 2 heterocycles. The normalized spacial score (nSPS) is 15.3. The predicted molar refractivity (Wildman–Crippen MR) is 82.4 cm³/mol. The Morgan fingerprint density at radius 3 is 2.76 bits per heavy atom. The van der Waals surface area contributed by atoms with Crippen LogP contribution in [0.25, 0.3) is 0 Å². The molecule has 21 heavy (non-hydrogen) atoms. The second kappa shape index (κ2) is 5.55. The van der Waals surface area contributed by atoms with Gasteiger partial charge in [-0.15, -0.1) is 28.1 Å². The van der Waals surface area contributed by atoms with Crippen molar-refractivity contribution in [3.8, 4) is 0 Å². The number of halogens is 1. The lowest BCUT2D eigenvalue weighted by atomic mass is 10.4. The van der Waals surface area contributed by atoms with E-state index in [1.807, 2.05) is 0 Å². The minimum absolute atomic E-state index is 0.0221. The maximum atomic E-state index is 12.6. The number of allylic oxidation sites excluding steroid dienone is 1. The molecule has 0 amide bonds. The van der Waals surface area contributed by atoms with E-state index in [0.717, 1.165) is 18.7 Å². The maximum absolute atomic E-state index is 12.6. The molecule has 1 saturated carbocycles. The number of rotatable bonds is 6. The van der Waals surface area contributed by atoms with Crippen LogP contribution in [-0.2, 0) is 22.1 Å². The van der Waals surface area contributed by atoms with Gasteiger partial charge in [0.25, 0.3) is 0 Å². The average Bonchev–Trinajstić information content (AvgIpc) is 3.05. The van der Waals surface area contributed by atoms with E-state index in [9.17, 15) is 8.42 Å². The van der Waals surface area contributed by atoms with Crippen molar-refractivity contribution in [2.24, 2.45) is 0 Å². The van der Waals surface area contributed by atoms with Gasteiger partial charge in [-0.05, 0) is 25.0 Å². The Kier molecular flexibility index (Phi) is 3.90. The minimum atomic E-state index is -3.54. The third kappa shape index (κ3) is 3.04. The Morgan fingerprint density at radius 1 is 1.43 bits per heavy atom. The fourth-order valence-electron chi connectivity index (χ4n) is 2.16. The van der Waals surface area contributed by atoms with Gasteiger partial charge < -0.3 is 0 Å². The van der Waals surface area contributed by atoms with Gasteiger partial charge in [-0.3, -0.25) is 4.57 Å². The molecule has 0 radical (unpaired) electrons. The molecule has 8 heteroatoms. The van der Waals surface area contributed by atoms with E-state index in [1.165, 1.54) is 11.3 Å². The van der Waals surface area contributed by atoms with Crippen molar-refractivity contribution in [2.75, 3.05) is 0 Å². The highest BCUT2D eigenvalue weighted by Crippen LogP contribution is 2.39. The Balaban J connectivity index is 1.96. The van der Waals surface area contributed by atoms with Gasteiger partial charge in [-0.25, -0.2) is 8.42 Å². The maximum Gasteiger partial charge on any atom is 0.250 e. The molecular formula is C13H14ClN3O2S2. The topological polar surface area (TPSA) is 64.8 Å². The SMILES string of the molecule is C=CCn1c(C2CC2)nnc1S(=O)(=O)Cc1ccc(Cl)s1. The molecule has 3 rings (SSSR count). The monoisotopic (exact) mass is 343 g/mol. The summed E-state index contributed by atoms with van der Waals surface area (Å²) in [6.45, 7) is 4.08. The quantitative estimate of drug-likeness (QED) is 0.756. The second-order valence-electron chi connectivity index (χ2n) is 4.98. The van der Waals surface area contributed by atoms with E-state index < -0.39 is 9.84 Å². The molecule has 0 bridgehead atoms. The molecule has 0 aromatic carbocycles. The van der Waals surface area contributed by atoms with E-state index in [-0.39, 0.29) is 10.9 Å². The molecule has 0 N–H and O–H groups in total. The van der Waals surface area contributed by atoms with Crippen LogP contribution in [0.4, 0.5) is 0 Å². The molecule has 1 aliphatic carbocycles. The van der Waals surface area contributed by atoms with Crippen LogP contribution in [0.5, 0.6) is 0 Å². The first-order valence-corrected chi connectivity index (χ1v) is 9.37. The van der Waals surface area contributed by atoms with Crippen LogP contribution in [0, 0.1) is 0 Å². The van der Waals surface area contributed by atoms with Crippen molar-refractivity contribution in [3.63, 3.8) is 0 Å². The van der Waals surface area contributed by atoms with E-state index >= 15 is 0 Å². The molecule has 0 saturated heterocycles. The highest BCUT2D eigenvalue weighted by atomic mass is 35.5. The van der Waals surface area contributed by atoms with Gasteiger partial charge in [0.2, 0.25) is 15.0 Å². The zero-order chi connectivity index (χ0) is 15.0. The number of hydrogen-bond acceptors (Lipinski definition) is 5. The van der Waals surface area contributed by atoms with E-state index in [4.69, 9.17) is 11.6 Å². The molecule has 0 spiro atoms. The van der Waals surface area contributed by atoms with Crippen LogP contribution in [0.3, 0.4) is 0 Å². The van der Waals surface area contributed by atoms with Crippen molar-refractivity contribution in [1.29, 1.82) is 0 Å². The van der Waals surface area contributed by atoms with Gasteiger partial charge in [0.1, 0.15) is 5.82 Å². The molecule has 1 fully saturated rings. The summed E-state index contributed by atoms with van der Waals surface area (Å²) in [6, 6.07) is 3.42. The first-order chi connectivity index (χ1) is 10.0. The van der Waals surface area contributed by atoms with Crippen molar-refractivity contribution in [3.05, 3.63) is 39.8 Å². The minimum Gasteiger partial charge on any atom is -0.298 e. The van der Waals surface area contributed by atoms with Crippen LogP contribution in [0.2, 0.25) is 4.34 Å². The van der Waals surface area contributed by atoms with Crippen LogP contribution in [0.1, 0.15) is 29.5 Å². The summed E-state index contributed by atoms with van der Waals surface area (Å²) < 4.78 is 27.4. The summed E-state index contributed by atoms with van der Waals surface area (Å²) in [5, 5.41) is 8.01. The second-order valence-corrected chi connectivity index (χ2v) is 8.66. The lowest BCUT2D eigenvalue weighted by Crippen LogP contribution is -2.13. The van der Waals surface area contributed by atoms with Crippen molar-refractivity contribution in [1.82, 2.24) is 14.8 Å². The third-order valence-electron chi connectivity index (χ3n) is 3.24. The number of thiophene rings is 1. The van der Waals surface area contributed by atoms with Crippen molar-refractivity contribution >= 4 is 32.8 Å². The molecule has 0 unspecified atom stereocenters. The van der Waals surface area contributed by atoms with E-state index in [1.54, 1.807) is 22.8 Å². The predicted octanol–water partition coefficient (Wildman–Crippen LogP) is 3.03. The summed E-state index contributed by atoms with van der Waals surface area (Å²) in [5.74, 6) is 0.972. The fraction of sp³-hybridized carbons (Fsp3) is 0.385. The first kappa shape index (κ1) is 14.7. The summed E-state index contributed by atoms with van der Waals surface area (Å²) in [5.41, 5.74) is 0. The number of sulfone groups is 1. The fourth-order valence-corrected chi connectivity index (χ4v) is 5.01. The highest BCUT2D eigenvalue weighted by Gasteiger charge is 2.33. The Labute approximate surface area is 132 Å². The lowest BCUT2D eigenvalue weighted by molar-refractivity contribution is 0.569. The Bertz CT molecular complexity index is 775. The summed E-state index contributed by atoms with van der Waals surface area (Å²) >= 11 is 7.11. The Hall–Kier alpha value is -1.18. The summed E-state index contributed by atoms with van der Waals surface area (Å²) in [6.07, 6.45) is 3.74. The molecule has 0 atom stereocenters. The summed E-state index contributed by atoms with van der Waals surface area (Å²) in [7, 11) is -3.54. The smallest absolute Gasteiger partial charge is 0.250 e. The van der Waals surface area contributed by atoms with Gasteiger partial charge in [0, 0.05) is 17.3 Å². The standard InChI is InChI=1S/C13H14ClN3O2S2/c1-2-7-17-12(9-3-4-9)15-16-13(17)21(18,19)8-10-5-6-11(14)20-10/h2,5-6,9H,1,3-4,7-8H2. The Morgan fingerprint density at radius 2 is 2.19 bits per heavy atom. The molecule has 5 nitrogen and oxygen atoms in total. The molecule has 112 valence electrons. The average molecular weight is 344 g/mol. The van der Waals surface area contributed by atoms with Crippen LogP contribution >= 0.6 is 22.9 Å². The molecular weight excluding hydrogens is 330 g/mol. The largest absolute Gasteiger partial charge is 0.298 e. The molecule has 2 aromatic heterocycles. The van der Waals surface area contributed by atoms with Crippen LogP contribution < -0.4 is 0 Å². The van der Waals surface area contributed by atoms with Gasteiger partial charge >= 0.3 is 0 Å². The number of aromatic nitrogens is 3. The number of hydrogen-bond donors (Lipinski definition) is 0. The zero-order valence-electron chi connectivity index (χ0n) is 11.2. The van der Waals surface area contributed by atoms with Gasteiger partial charge in [0.15, 0.2) is 0 Å². The van der Waals surface area contributed by atoms with Crippen LogP contribution in [0.15, 0.2) is 29.9 Å². The van der Waals surface area contributed by atoms with E-state index in [2.05, 4.69) is 16.8 Å². The first-order valence-electron chi connectivity index (χ1n) is 6.52. The number of nitrogens with zero attached hydrogens (tertiary/aromatic N) is 3. The molecule has 0 aliphatic heterocycles. The van der Waals surface area contributed by atoms with Gasteiger partial charge in [-0.2, -0.15) is 0 Å². The summed E-state index contributed by atoms with van der Waals surface area (Å²) in [4.78, 5) is 0.695.